The molecule has 0 aliphatic rings. The van der Waals surface area contributed by atoms with Gasteiger partial charge in [0.25, 0.3) is 0 Å². The van der Waals surface area contributed by atoms with E-state index in [0.29, 0.717) is 12.5 Å². The number of benzene rings is 1. The highest BCUT2D eigenvalue weighted by Gasteiger charge is 2.11. The molecular formula is C16H20N2. The molecule has 0 amide bonds. The summed E-state index contributed by atoms with van der Waals surface area (Å²) in [5, 5.41) is 0. The molecule has 2 aromatic rings. The molecule has 0 aliphatic heterocycles. The smallest absolute Gasteiger partial charge is 0.0300 e. The van der Waals surface area contributed by atoms with Crippen LogP contribution in [0.3, 0.4) is 0 Å². The Labute approximate surface area is 109 Å². The molecule has 0 saturated heterocycles. The number of nitrogens with two attached hydrogens (primary N) is 1. The number of aryl methyl sites for hydroxylation is 2. The molecule has 18 heavy (non-hydrogen) atoms. The third-order valence-electron chi connectivity index (χ3n) is 3.20. The fourth-order valence-corrected chi connectivity index (χ4v) is 2.39. The average Bonchev–Trinajstić information content (AvgIpc) is 2.36. The molecule has 2 nitrogen and oxygen atoms in total. The Morgan fingerprint density at radius 2 is 1.89 bits per heavy atom. The molecule has 2 rings (SSSR count). The van der Waals surface area contributed by atoms with Gasteiger partial charge >= 0.3 is 0 Å². The maximum Gasteiger partial charge on any atom is 0.0300 e. The second-order valence-corrected chi connectivity index (χ2v) is 4.92. The monoisotopic (exact) mass is 240 g/mol. The van der Waals surface area contributed by atoms with E-state index < -0.39 is 0 Å². The second-order valence-electron chi connectivity index (χ2n) is 4.92. The van der Waals surface area contributed by atoms with Crippen LogP contribution in [0.4, 0.5) is 0 Å². The maximum atomic E-state index is 5.93. The fourth-order valence-electron chi connectivity index (χ4n) is 2.39. The van der Waals surface area contributed by atoms with E-state index in [1.165, 1.54) is 22.3 Å². The number of rotatable bonds is 4. The zero-order valence-corrected chi connectivity index (χ0v) is 11.1. The Hall–Kier alpha value is -1.67. The van der Waals surface area contributed by atoms with Crippen molar-refractivity contribution in [3.63, 3.8) is 0 Å². The van der Waals surface area contributed by atoms with Crippen LogP contribution >= 0.6 is 0 Å². The number of hydrogen-bond acceptors (Lipinski definition) is 2. The van der Waals surface area contributed by atoms with Crippen LogP contribution in [0.1, 0.15) is 28.2 Å². The van der Waals surface area contributed by atoms with Crippen LogP contribution in [-0.2, 0) is 6.42 Å². The van der Waals surface area contributed by atoms with Crippen LogP contribution in [0, 0.1) is 13.8 Å². The summed E-state index contributed by atoms with van der Waals surface area (Å²) in [6, 6.07) is 10.8. The van der Waals surface area contributed by atoms with E-state index >= 15 is 0 Å². The molecular weight excluding hydrogens is 220 g/mol. The van der Waals surface area contributed by atoms with Crippen molar-refractivity contribution in [2.75, 3.05) is 6.54 Å². The number of hydrogen-bond donors (Lipinski definition) is 1. The van der Waals surface area contributed by atoms with Gasteiger partial charge in [-0.15, -0.1) is 0 Å². The SMILES string of the molecule is Cc1cc(C)cc(C(CN)Cc2cccnc2)c1. The van der Waals surface area contributed by atoms with Crippen molar-refractivity contribution in [3.8, 4) is 0 Å². The van der Waals surface area contributed by atoms with Crippen molar-refractivity contribution < 1.29 is 0 Å². The van der Waals surface area contributed by atoms with Gasteiger partial charge in [0.2, 0.25) is 0 Å². The van der Waals surface area contributed by atoms with E-state index in [2.05, 4.69) is 43.1 Å². The molecule has 1 heterocycles. The van der Waals surface area contributed by atoms with E-state index in [9.17, 15) is 0 Å². The lowest BCUT2D eigenvalue weighted by molar-refractivity contribution is 0.691. The summed E-state index contributed by atoms with van der Waals surface area (Å²) in [6.07, 6.45) is 4.68. The van der Waals surface area contributed by atoms with E-state index in [-0.39, 0.29) is 0 Å². The first-order chi connectivity index (χ1) is 8.69. The average molecular weight is 240 g/mol. The summed E-state index contributed by atoms with van der Waals surface area (Å²) < 4.78 is 0. The summed E-state index contributed by atoms with van der Waals surface area (Å²) in [5.41, 5.74) is 11.1. The van der Waals surface area contributed by atoms with Crippen molar-refractivity contribution in [1.29, 1.82) is 0 Å². The molecule has 1 aromatic carbocycles. The summed E-state index contributed by atoms with van der Waals surface area (Å²) in [7, 11) is 0. The van der Waals surface area contributed by atoms with Crippen molar-refractivity contribution in [2.45, 2.75) is 26.2 Å². The molecule has 0 saturated carbocycles. The van der Waals surface area contributed by atoms with Crippen LogP contribution in [0.15, 0.2) is 42.7 Å². The lowest BCUT2D eigenvalue weighted by Gasteiger charge is -2.16. The molecule has 1 unspecified atom stereocenters. The predicted octanol–water partition coefficient (Wildman–Crippen LogP) is 2.98. The molecule has 0 fully saturated rings. The van der Waals surface area contributed by atoms with Crippen LogP contribution in [-0.4, -0.2) is 11.5 Å². The summed E-state index contributed by atoms with van der Waals surface area (Å²) in [5.74, 6) is 0.368. The fraction of sp³-hybridized carbons (Fsp3) is 0.312. The van der Waals surface area contributed by atoms with Gasteiger partial charge in [-0.3, -0.25) is 4.98 Å². The van der Waals surface area contributed by atoms with Gasteiger partial charge in [-0.1, -0.05) is 35.4 Å². The van der Waals surface area contributed by atoms with Gasteiger partial charge in [-0.25, -0.2) is 0 Å². The molecule has 0 spiro atoms. The first kappa shape index (κ1) is 12.8. The lowest BCUT2D eigenvalue weighted by atomic mass is 9.90. The van der Waals surface area contributed by atoms with Gasteiger partial charge in [0.1, 0.15) is 0 Å². The van der Waals surface area contributed by atoms with E-state index in [1.54, 1.807) is 6.20 Å². The van der Waals surface area contributed by atoms with Gasteiger partial charge in [0, 0.05) is 18.3 Å². The molecule has 0 aliphatic carbocycles. The minimum atomic E-state index is 0.368. The Morgan fingerprint density at radius 3 is 2.44 bits per heavy atom. The largest absolute Gasteiger partial charge is 0.330 e. The van der Waals surface area contributed by atoms with Crippen LogP contribution in [0.25, 0.3) is 0 Å². The van der Waals surface area contributed by atoms with Crippen LogP contribution in [0.2, 0.25) is 0 Å². The zero-order chi connectivity index (χ0) is 13.0. The molecule has 1 aromatic heterocycles. The van der Waals surface area contributed by atoms with E-state index in [0.717, 1.165) is 6.42 Å². The highest BCUT2D eigenvalue weighted by Crippen LogP contribution is 2.22. The first-order valence-electron chi connectivity index (χ1n) is 6.36. The number of pyridine rings is 1. The van der Waals surface area contributed by atoms with Crippen molar-refractivity contribution in [1.82, 2.24) is 4.98 Å². The Bertz CT molecular complexity index is 486. The van der Waals surface area contributed by atoms with Gasteiger partial charge in [0.05, 0.1) is 0 Å². The predicted molar refractivity (Wildman–Crippen MR) is 75.7 cm³/mol. The second kappa shape index (κ2) is 5.78. The first-order valence-corrected chi connectivity index (χ1v) is 6.36. The molecule has 1 atom stereocenters. The molecule has 94 valence electrons. The van der Waals surface area contributed by atoms with E-state index in [4.69, 9.17) is 5.73 Å². The summed E-state index contributed by atoms with van der Waals surface area (Å²) in [4.78, 5) is 4.16. The Kier molecular flexibility index (Phi) is 4.11. The summed E-state index contributed by atoms with van der Waals surface area (Å²) in [6.45, 7) is 4.93. The minimum Gasteiger partial charge on any atom is -0.330 e. The molecule has 0 radical (unpaired) electrons. The third-order valence-corrected chi connectivity index (χ3v) is 3.20. The normalized spacial score (nSPS) is 12.4. The Balaban J connectivity index is 2.23. The molecule has 2 heteroatoms. The molecule has 2 N–H and O–H groups in total. The maximum absolute atomic E-state index is 5.93. The van der Waals surface area contributed by atoms with Crippen molar-refractivity contribution >= 4 is 0 Å². The van der Waals surface area contributed by atoms with Gasteiger partial charge in [-0.2, -0.15) is 0 Å². The zero-order valence-electron chi connectivity index (χ0n) is 11.1. The quantitative estimate of drug-likeness (QED) is 0.892. The Morgan fingerprint density at radius 1 is 1.17 bits per heavy atom. The van der Waals surface area contributed by atoms with Gasteiger partial charge in [-0.05, 0) is 44.0 Å². The standard InChI is InChI=1S/C16H20N2/c1-12-6-13(2)8-15(7-12)16(10-17)9-14-4-3-5-18-11-14/h3-8,11,16H,9-10,17H2,1-2H3. The molecule has 0 bridgehead atoms. The van der Waals surface area contributed by atoms with Gasteiger partial charge in [0.15, 0.2) is 0 Å². The van der Waals surface area contributed by atoms with Crippen LogP contribution in [0.5, 0.6) is 0 Å². The van der Waals surface area contributed by atoms with Crippen molar-refractivity contribution in [2.24, 2.45) is 5.73 Å². The topological polar surface area (TPSA) is 38.9 Å². The highest BCUT2D eigenvalue weighted by molar-refractivity contribution is 5.32. The van der Waals surface area contributed by atoms with Gasteiger partial charge < -0.3 is 5.73 Å². The number of aromatic nitrogens is 1. The van der Waals surface area contributed by atoms with Crippen molar-refractivity contribution in [3.05, 3.63) is 65.0 Å². The van der Waals surface area contributed by atoms with E-state index in [1.807, 2.05) is 12.3 Å². The third kappa shape index (κ3) is 3.17. The highest BCUT2D eigenvalue weighted by atomic mass is 14.6. The summed E-state index contributed by atoms with van der Waals surface area (Å²) >= 11 is 0. The lowest BCUT2D eigenvalue weighted by Crippen LogP contribution is -2.15. The van der Waals surface area contributed by atoms with Crippen LogP contribution < -0.4 is 5.73 Å². The number of nitrogens with zero attached hydrogens (tertiary/aromatic N) is 1. The minimum absolute atomic E-state index is 0.368.